The van der Waals surface area contributed by atoms with Crippen molar-refractivity contribution in [1.82, 2.24) is 10.2 Å². The van der Waals surface area contributed by atoms with E-state index in [0.29, 0.717) is 0 Å². The molecular weight excluding hydrogens is 282 g/mol. The average Bonchev–Trinajstić information content (AvgIpc) is 2.76. The summed E-state index contributed by atoms with van der Waals surface area (Å²) in [5, 5.41) is 20.8. The first-order valence-electron chi connectivity index (χ1n) is 6.49. The van der Waals surface area contributed by atoms with Crippen LogP contribution in [0.1, 0.15) is 26.2 Å². The molecule has 0 bridgehead atoms. The Bertz CT molecular complexity index is 452. The maximum absolute atomic E-state index is 12.1. The quantitative estimate of drug-likeness (QED) is 0.437. The Morgan fingerprint density at radius 3 is 2.48 bits per heavy atom. The largest absolute Gasteiger partial charge is 0.480 e. The van der Waals surface area contributed by atoms with Gasteiger partial charge in [-0.05, 0) is 6.42 Å². The van der Waals surface area contributed by atoms with Crippen LogP contribution < -0.4 is 11.1 Å². The molecule has 0 aliphatic carbocycles. The van der Waals surface area contributed by atoms with E-state index < -0.39 is 36.0 Å². The van der Waals surface area contributed by atoms with Crippen molar-refractivity contribution in [2.24, 2.45) is 5.73 Å². The third-order valence-corrected chi connectivity index (χ3v) is 3.28. The number of amides is 3. The van der Waals surface area contributed by atoms with Crippen molar-refractivity contribution in [3.05, 3.63) is 0 Å². The first kappa shape index (κ1) is 16.9. The molecular formula is C12H19N3O6. The first-order chi connectivity index (χ1) is 9.72. The van der Waals surface area contributed by atoms with E-state index in [2.05, 4.69) is 5.32 Å². The number of carbonyl (C=O) groups is 4. The molecule has 21 heavy (non-hydrogen) atoms. The number of carbonyl (C=O) groups excluding carboxylic acids is 3. The number of carboxylic acids is 1. The summed E-state index contributed by atoms with van der Waals surface area (Å²) in [4.78, 5) is 46.4. The van der Waals surface area contributed by atoms with Gasteiger partial charge in [0.05, 0.1) is 6.10 Å². The fourth-order valence-corrected chi connectivity index (χ4v) is 2.22. The monoisotopic (exact) mass is 301 g/mol. The van der Waals surface area contributed by atoms with Gasteiger partial charge in [-0.15, -0.1) is 0 Å². The third-order valence-electron chi connectivity index (χ3n) is 3.28. The Morgan fingerprint density at radius 1 is 1.38 bits per heavy atom. The summed E-state index contributed by atoms with van der Waals surface area (Å²) < 4.78 is 0. The first-order valence-corrected chi connectivity index (χ1v) is 6.49. The minimum absolute atomic E-state index is 0.0342. The normalized spacial score (nSPS) is 22.7. The molecule has 1 fully saturated rings. The summed E-state index contributed by atoms with van der Waals surface area (Å²) in [7, 11) is 0. The van der Waals surface area contributed by atoms with Crippen LogP contribution in [0.5, 0.6) is 0 Å². The van der Waals surface area contributed by atoms with Crippen LogP contribution in [-0.2, 0) is 19.2 Å². The highest BCUT2D eigenvalue weighted by molar-refractivity contribution is 5.90. The molecule has 1 heterocycles. The second-order valence-electron chi connectivity index (χ2n) is 4.98. The van der Waals surface area contributed by atoms with Gasteiger partial charge in [0.25, 0.3) is 0 Å². The number of nitrogens with one attached hydrogen (secondary N) is 1. The Balaban J connectivity index is 2.70. The van der Waals surface area contributed by atoms with Gasteiger partial charge in [0.15, 0.2) is 0 Å². The number of hydrogen-bond acceptors (Lipinski definition) is 5. The summed E-state index contributed by atoms with van der Waals surface area (Å²) in [6, 6.07) is -2.18. The molecule has 0 aromatic heterocycles. The summed E-state index contributed by atoms with van der Waals surface area (Å²) in [5.41, 5.74) is 4.94. The Kier molecular flexibility index (Phi) is 5.65. The van der Waals surface area contributed by atoms with E-state index in [1.54, 1.807) is 0 Å². The lowest BCUT2D eigenvalue weighted by atomic mass is 10.1. The number of β-amino-alcohol motifs (C(OH)–C–C–N with tert-alkyl or cyclic N) is 1. The smallest absolute Gasteiger partial charge is 0.326 e. The summed E-state index contributed by atoms with van der Waals surface area (Å²) in [6.07, 6.45) is -1.08. The van der Waals surface area contributed by atoms with Crippen LogP contribution in [0.2, 0.25) is 0 Å². The van der Waals surface area contributed by atoms with Gasteiger partial charge in [-0.1, -0.05) is 0 Å². The summed E-state index contributed by atoms with van der Waals surface area (Å²) in [5.74, 6) is -3.01. The topological polar surface area (TPSA) is 150 Å². The van der Waals surface area contributed by atoms with Crippen molar-refractivity contribution < 1.29 is 29.4 Å². The second kappa shape index (κ2) is 7.02. The zero-order chi connectivity index (χ0) is 16.2. The maximum Gasteiger partial charge on any atom is 0.326 e. The minimum Gasteiger partial charge on any atom is -0.480 e. The van der Waals surface area contributed by atoms with E-state index in [9.17, 15) is 24.3 Å². The molecule has 5 N–H and O–H groups in total. The molecule has 9 heteroatoms. The molecule has 1 saturated heterocycles. The van der Waals surface area contributed by atoms with Crippen LogP contribution in [0, 0.1) is 0 Å². The number of hydrogen-bond donors (Lipinski definition) is 4. The Hall–Kier alpha value is -2.16. The number of primary amides is 1. The van der Waals surface area contributed by atoms with Gasteiger partial charge < -0.3 is 26.2 Å². The summed E-state index contributed by atoms with van der Waals surface area (Å²) >= 11 is 0. The number of carboxylic acid groups (broad SMARTS) is 1. The van der Waals surface area contributed by atoms with Crippen LogP contribution in [0.3, 0.4) is 0 Å². The molecule has 0 radical (unpaired) electrons. The standard InChI is InChI=1S/C12H19N3O6/c1-6(16)15-5-7(17)4-9(15)11(19)14-8(12(20)21)2-3-10(13)18/h7-9,17H,2-5H2,1H3,(H2,13,18)(H,14,19)(H,20,21). The van der Waals surface area contributed by atoms with Crippen molar-refractivity contribution in [3.63, 3.8) is 0 Å². The van der Waals surface area contributed by atoms with Crippen molar-refractivity contribution in [3.8, 4) is 0 Å². The van der Waals surface area contributed by atoms with E-state index in [1.807, 2.05) is 0 Å². The van der Waals surface area contributed by atoms with Crippen LogP contribution in [0.4, 0.5) is 0 Å². The highest BCUT2D eigenvalue weighted by atomic mass is 16.4. The molecule has 0 aromatic rings. The van der Waals surface area contributed by atoms with E-state index in [4.69, 9.17) is 10.8 Å². The van der Waals surface area contributed by atoms with Crippen molar-refractivity contribution in [2.75, 3.05) is 6.54 Å². The van der Waals surface area contributed by atoms with Gasteiger partial charge in [0, 0.05) is 26.3 Å². The highest BCUT2D eigenvalue weighted by Gasteiger charge is 2.38. The van der Waals surface area contributed by atoms with Crippen LogP contribution in [0.25, 0.3) is 0 Å². The van der Waals surface area contributed by atoms with Crippen LogP contribution in [-0.4, -0.2) is 63.5 Å². The van der Waals surface area contributed by atoms with E-state index in [0.717, 1.165) is 0 Å². The van der Waals surface area contributed by atoms with Crippen molar-refractivity contribution in [2.45, 2.75) is 44.4 Å². The molecule has 0 aromatic carbocycles. The molecule has 9 nitrogen and oxygen atoms in total. The lowest BCUT2D eigenvalue weighted by Gasteiger charge is -2.23. The molecule has 1 aliphatic rings. The number of nitrogens with two attached hydrogens (primary N) is 1. The lowest BCUT2D eigenvalue weighted by molar-refractivity contribution is -0.143. The number of rotatable bonds is 6. The zero-order valence-electron chi connectivity index (χ0n) is 11.6. The fourth-order valence-electron chi connectivity index (χ4n) is 2.22. The van der Waals surface area contributed by atoms with E-state index >= 15 is 0 Å². The fraction of sp³-hybridized carbons (Fsp3) is 0.667. The minimum atomic E-state index is -1.29. The predicted molar refractivity (Wildman–Crippen MR) is 69.8 cm³/mol. The van der Waals surface area contributed by atoms with Gasteiger partial charge in [0.1, 0.15) is 12.1 Å². The molecule has 118 valence electrons. The predicted octanol–water partition coefficient (Wildman–Crippen LogP) is -2.20. The van der Waals surface area contributed by atoms with E-state index in [-0.39, 0.29) is 31.7 Å². The molecule has 1 rings (SSSR count). The van der Waals surface area contributed by atoms with Crippen LogP contribution in [0.15, 0.2) is 0 Å². The SMILES string of the molecule is CC(=O)N1CC(O)CC1C(=O)NC(CCC(N)=O)C(=O)O. The van der Waals surface area contributed by atoms with Crippen LogP contribution >= 0.6 is 0 Å². The van der Waals surface area contributed by atoms with Gasteiger partial charge in [-0.3, -0.25) is 14.4 Å². The average molecular weight is 301 g/mol. The molecule has 3 unspecified atom stereocenters. The Morgan fingerprint density at radius 2 is 2.00 bits per heavy atom. The lowest BCUT2D eigenvalue weighted by Crippen LogP contribution is -2.50. The van der Waals surface area contributed by atoms with Crippen molar-refractivity contribution >= 4 is 23.7 Å². The number of aliphatic hydroxyl groups is 1. The van der Waals surface area contributed by atoms with E-state index in [1.165, 1.54) is 11.8 Å². The van der Waals surface area contributed by atoms with Gasteiger partial charge in [-0.25, -0.2) is 4.79 Å². The second-order valence-corrected chi connectivity index (χ2v) is 4.98. The van der Waals surface area contributed by atoms with Gasteiger partial charge >= 0.3 is 5.97 Å². The van der Waals surface area contributed by atoms with Gasteiger partial charge in [0.2, 0.25) is 17.7 Å². The maximum atomic E-state index is 12.1. The molecule has 0 saturated carbocycles. The van der Waals surface area contributed by atoms with Gasteiger partial charge in [-0.2, -0.15) is 0 Å². The summed E-state index contributed by atoms with van der Waals surface area (Å²) in [6.45, 7) is 1.30. The molecule has 3 atom stereocenters. The Labute approximate surface area is 121 Å². The molecule has 1 aliphatic heterocycles. The highest BCUT2D eigenvalue weighted by Crippen LogP contribution is 2.18. The number of nitrogens with zero attached hydrogens (tertiary/aromatic N) is 1. The number of aliphatic hydroxyl groups excluding tert-OH is 1. The van der Waals surface area contributed by atoms with Crippen molar-refractivity contribution in [1.29, 1.82) is 0 Å². The zero-order valence-corrected chi connectivity index (χ0v) is 11.6. The molecule has 3 amide bonds. The third kappa shape index (κ3) is 4.71. The number of aliphatic carboxylic acids is 1. The number of likely N-dealkylation sites (tertiary alicyclic amines) is 1. The molecule has 0 spiro atoms.